The van der Waals surface area contributed by atoms with Crippen LogP contribution in [-0.4, -0.2) is 41.5 Å². The number of urea groups is 1. The van der Waals surface area contributed by atoms with E-state index in [1.54, 1.807) is 0 Å². The molecule has 1 heterocycles. The molecule has 124 valence electrons. The van der Waals surface area contributed by atoms with Crippen LogP contribution >= 0.6 is 0 Å². The average Bonchev–Trinajstić information content (AvgIpc) is 2.47. The van der Waals surface area contributed by atoms with Gasteiger partial charge in [0, 0.05) is 30.6 Å². The second-order valence-electron chi connectivity index (χ2n) is 7.43. The molecule has 0 saturated carbocycles. The molecule has 2 N–H and O–H groups in total. The Morgan fingerprint density at radius 1 is 1.09 bits per heavy atom. The molecular formula is C17H29N3O2. The zero-order chi connectivity index (χ0) is 16.2. The van der Waals surface area contributed by atoms with Gasteiger partial charge in [-0.25, -0.2) is 4.79 Å². The van der Waals surface area contributed by atoms with Crippen molar-refractivity contribution in [2.24, 2.45) is 5.92 Å². The van der Waals surface area contributed by atoms with Crippen LogP contribution in [0.3, 0.4) is 0 Å². The summed E-state index contributed by atoms with van der Waals surface area (Å²) in [5.74, 6) is 0.314. The SMILES string of the molecule is CC(C)(C)NC(=O)N1CCC(NC(=O)[C@@H]2CC=CCC2)CC1. The summed E-state index contributed by atoms with van der Waals surface area (Å²) in [6.45, 7) is 7.36. The summed E-state index contributed by atoms with van der Waals surface area (Å²) >= 11 is 0. The molecule has 22 heavy (non-hydrogen) atoms. The summed E-state index contributed by atoms with van der Waals surface area (Å²) < 4.78 is 0. The van der Waals surface area contributed by atoms with Crippen molar-refractivity contribution in [2.75, 3.05) is 13.1 Å². The summed E-state index contributed by atoms with van der Waals surface area (Å²) in [7, 11) is 0. The lowest BCUT2D eigenvalue weighted by Crippen LogP contribution is -2.53. The molecule has 0 unspecified atom stereocenters. The molecule has 1 aliphatic heterocycles. The molecule has 5 nitrogen and oxygen atoms in total. The lowest BCUT2D eigenvalue weighted by Gasteiger charge is -2.35. The molecule has 0 bridgehead atoms. The number of allylic oxidation sites excluding steroid dienone is 2. The molecule has 0 aromatic heterocycles. The van der Waals surface area contributed by atoms with Crippen LogP contribution in [-0.2, 0) is 4.79 Å². The summed E-state index contributed by atoms with van der Waals surface area (Å²) in [5.41, 5.74) is -0.212. The Kier molecular flexibility index (Phi) is 5.48. The van der Waals surface area contributed by atoms with Crippen LogP contribution in [0.4, 0.5) is 4.79 Å². The van der Waals surface area contributed by atoms with E-state index < -0.39 is 0 Å². The molecule has 1 saturated heterocycles. The predicted molar refractivity (Wildman–Crippen MR) is 87.5 cm³/mol. The molecule has 1 fully saturated rings. The van der Waals surface area contributed by atoms with E-state index in [1.807, 2.05) is 25.7 Å². The van der Waals surface area contributed by atoms with Crippen LogP contribution < -0.4 is 10.6 Å². The van der Waals surface area contributed by atoms with E-state index >= 15 is 0 Å². The predicted octanol–water partition coefficient (Wildman–Crippen LogP) is 2.43. The highest BCUT2D eigenvalue weighted by molar-refractivity contribution is 5.79. The third kappa shape index (κ3) is 5.04. The van der Waals surface area contributed by atoms with Crippen LogP contribution in [0.2, 0.25) is 0 Å². The normalized spacial score (nSPS) is 23.2. The second-order valence-corrected chi connectivity index (χ2v) is 7.43. The van der Waals surface area contributed by atoms with Gasteiger partial charge in [-0.2, -0.15) is 0 Å². The molecular weight excluding hydrogens is 278 g/mol. The van der Waals surface area contributed by atoms with E-state index in [9.17, 15) is 9.59 Å². The smallest absolute Gasteiger partial charge is 0.317 e. The van der Waals surface area contributed by atoms with Crippen molar-refractivity contribution in [3.05, 3.63) is 12.2 Å². The van der Waals surface area contributed by atoms with Crippen molar-refractivity contribution in [1.29, 1.82) is 0 Å². The summed E-state index contributed by atoms with van der Waals surface area (Å²) in [4.78, 5) is 26.2. The first-order chi connectivity index (χ1) is 10.3. The van der Waals surface area contributed by atoms with Crippen molar-refractivity contribution >= 4 is 11.9 Å². The molecule has 1 aliphatic carbocycles. The third-order valence-corrected chi connectivity index (χ3v) is 4.25. The fourth-order valence-electron chi connectivity index (χ4n) is 2.98. The number of piperidine rings is 1. The molecule has 0 spiro atoms. The van der Waals surface area contributed by atoms with Gasteiger partial charge in [-0.05, 0) is 52.9 Å². The van der Waals surface area contributed by atoms with E-state index in [4.69, 9.17) is 0 Å². The zero-order valence-corrected chi connectivity index (χ0v) is 14.0. The van der Waals surface area contributed by atoms with Crippen LogP contribution in [0.25, 0.3) is 0 Å². The second kappa shape index (κ2) is 7.16. The summed E-state index contributed by atoms with van der Waals surface area (Å²) in [6.07, 6.45) is 8.75. The van der Waals surface area contributed by atoms with Crippen molar-refractivity contribution < 1.29 is 9.59 Å². The van der Waals surface area contributed by atoms with Gasteiger partial charge >= 0.3 is 6.03 Å². The van der Waals surface area contributed by atoms with Gasteiger partial charge in [0.15, 0.2) is 0 Å². The molecule has 0 aromatic rings. The molecule has 0 aromatic carbocycles. The van der Waals surface area contributed by atoms with Gasteiger partial charge in [0.25, 0.3) is 0 Å². The zero-order valence-electron chi connectivity index (χ0n) is 14.0. The number of likely N-dealkylation sites (tertiary alicyclic amines) is 1. The minimum Gasteiger partial charge on any atom is -0.353 e. The van der Waals surface area contributed by atoms with Crippen LogP contribution in [0, 0.1) is 5.92 Å². The Hall–Kier alpha value is -1.52. The first-order valence-electron chi connectivity index (χ1n) is 8.37. The van der Waals surface area contributed by atoms with Crippen molar-refractivity contribution in [3.63, 3.8) is 0 Å². The number of amides is 3. The highest BCUT2D eigenvalue weighted by Gasteiger charge is 2.27. The monoisotopic (exact) mass is 307 g/mol. The maximum atomic E-state index is 12.2. The Labute approximate surface area is 133 Å². The van der Waals surface area contributed by atoms with E-state index in [-0.39, 0.29) is 29.4 Å². The highest BCUT2D eigenvalue weighted by Crippen LogP contribution is 2.19. The van der Waals surface area contributed by atoms with Gasteiger partial charge in [-0.1, -0.05) is 12.2 Å². The largest absolute Gasteiger partial charge is 0.353 e. The lowest BCUT2D eigenvalue weighted by atomic mass is 9.93. The number of carbonyl (C=O) groups excluding carboxylic acids is 2. The molecule has 0 radical (unpaired) electrons. The summed E-state index contributed by atoms with van der Waals surface area (Å²) in [5, 5.41) is 6.15. The number of hydrogen-bond donors (Lipinski definition) is 2. The van der Waals surface area contributed by atoms with Gasteiger partial charge in [0.1, 0.15) is 0 Å². The van der Waals surface area contributed by atoms with Gasteiger partial charge in [-0.15, -0.1) is 0 Å². The van der Waals surface area contributed by atoms with Gasteiger partial charge in [0.05, 0.1) is 0 Å². The van der Waals surface area contributed by atoms with Crippen LogP contribution in [0.5, 0.6) is 0 Å². The third-order valence-electron chi connectivity index (χ3n) is 4.25. The number of nitrogens with zero attached hydrogens (tertiary/aromatic N) is 1. The van der Waals surface area contributed by atoms with Crippen molar-refractivity contribution in [3.8, 4) is 0 Å². The van der Waals surface area contributed by atoms with Gasteiger partial charge in [-0.3, -0.25) is 4.79 Å². The first kappa shape index (κ1) is 16.8. The van der Waals surface area contributed by atoms with E-state index in [0.717, 1.165) is 32.1 Å². The van der Waals surface area contributed by atoms with Crippen molar-refractivity contribution in [2.45, 2.75) is 64.5 Å². The Bertz CT molecular complexity index is 432. The van der Waals surface area contributed by atoms with Crippen molar-refractivity contribution in [1.82, 2.24) is 15.5 Å². The minimum atomic E-state index is -0.212. The molecule has 2 aliphatic rings. The topological polar surface area (TPSA) is 61.4 Å². The number of nitrogens with one attached hydrogen (secondary N) is 2. The fourth-order valence-corrected chi connectivity index (χ4v) is 2.98. The number of hydrogen-bond acceptors (Lipinski definition) is 2. The van der Waals surface area contributed by atoms with Crippen LogP contribution in [0.15, 0.2) is 12.2 Å². The molecule has 2 rings (SSSR count). The Morgan fingerprint density at radius 3 is 2.32 bits per heavy atom. The molecule has 3 amide bonds. The minimum absolute atomic E-state index is 0.00491. The Balaban J connectivity index is 1.74. The molecule has 5 heteroatoms. The van der Waals surface area contributed by atoms with E-state index in [1.165, 1.54) is 0 Å². The standard InChI is InChI=1S/C17H29N3O2/c1-17(2,3)19-16(22)20-11-9-14(10-12-20)18-15(21)13-7-5-4-6-8-13/h4-5,13-14H,6-12H2,1-3H3,(H,18,21)(H,19,22)/t13-/m1/s1. The average molecular weight is 307 g/mol. The highest BCUT2D eigenvalue weighted by atomic mass is 16.2. The maximum Gasteiger partial charge on any atom is 0.317 e. The van der Waals surface area contributed by atoms with E-state index in [2.05, 4.69) is 22.8 Å². The number of carbonyl (C=O) groups is 2. The first-order valence-corrected chi connectivity index (χ1v) is 8.37. The fraction of sp³-hybridized carbons (Fsp3) is 0.765. The van der Waals surface area contributed by atoms with Gasteiger partial charge in [0.2, 0.25) is 5.91 Å². The summed E-state index contributed by atoms with van der Waals surface area (Å²) in [6, 6.07) is 0.201. The van der Waals surface area contributed by atoms with E-state index in [0.29, 0.717) is 13.1 Å². The van der Waals surface area contributed by atoms with Gasteiger partial charge < -0.3 is 15.5 Å². The maximum absolute atomic E-state index is 12.2. The number of rotatable bonds is 2. The Morgan fingerprint density at radius 2 is 1.77 bits per heavy atom. The molecule has 1 atom stereocenters. The quantitative estimate of drug-likeness (QED) is 0.770. The van der Waals surface area contributed by atoms with Crippen LogP contribution in [0.1, 0.15) is 52.9 Å². The lowest BCUT2D eigenvalue weighted by molar-refractivity contribution is -0.126.